The predicted molar refractivity (Wildman–Crippen MR) is 95.1 cm³/mol. The van der Waals surface area contributed by atoms with Crippen molar-refractivity contribution >= 4 is 28.7 Å². The van der Waals surface area contributed by atoms with Gasteiger partial charge in [0.15, 0.2) is 5.78 Å². The zero-order chi connectivity index (χ0) is 17.0. The molecule has 2 rings (SSSR count). The first-order valence-electron chi connectivity index (χ1n) is 7.53. The summed E-state index contributed by atoms with van der Waals surface area (Å²) in [4.78, 5) is 27.1. The molecule has 2 aromatic rings. The van der Waals surface area contributed by atoms with Crippen molar-refractivity contribution < 1.29 is 9.59 Å². The number of hydrogen-bond acceptors (Lipinski definition) is 4. The van der Waals surface area contributed by atoms with Gasteiger partial charge in [0.25, 0.3) is 0 Å². The molecule has 0 saturated heterocycles. The predicted octanol–water partition coefficient (Wildman–Crippen LogP) is 3.72. The lowest BCUT2D eigenvalue weighted by Gasteiger charge is -2.23. The minimum absolute atomic E-state index is 0.0144. The molecule has 0 saturated carbocycles. The van der Waals surface area contributed by atoms with E-state index in [4.69, 9.17) is 0 Å². The molecular weight excluding hydrogens is 308 g/mol. The molecule has 5 heteroatoms. The van der Waals surface area contributed by atoms with E-state index in [2.05, 4.69) is 23.7 Å². The number of hydrogen-bond donors (Lipinski definition) is 1. The summed E-state index contributed by atoms with van der Waals surface area (Å²) in [5, 5.41) is 4.95. The largest absolute Gasteiger partial charge is 0.325 e. The van der Waals surface area contributed by atoms with Gasteiger partial charge in [-0.2, -0.15) is 0 Å². The molecule has 1 amide bonds. The van der Waals surface area contributed by atoms with Crippen LogP contribution in [0.1, 0.15) is 34.6 Å². The highest BCUT2D eigenvalue weighted by molar-refractivity contribution is 7.10. The fraction of sp³-hybridized carbons (Fsp3) is 0.333. The van der Waals surface area contributed by atoms with E-state index in [1.54, 1.807) is 35.6 Å². The number of rotatable bonds is 6. The second kappa shape index (κ2) is 7.53. The maximum absolute atomic E-state index is 12.4. The topological polar surface area (TPSA) is 49.4 Å². The van der Waals surface area contributed by atoms with Crippen LogP contribution in [0.4, 0.5) is 5.69 Å². The van der Waals surface area contributed by atoms with Crippen LogP contribution in [-0.4, -0.2) is 29.7 Å². The lowest BCUT2D eigenvalue weighted by Crippen LogP contribution is -2.39. The molecular formula is C18H22N2O2S. The number of thiophene rings is 1. The van der Waals surface area contributed by atoms with Gasteiger partial charge in [-0.05, 0) is 57.0 Å². The fourth-order valence-electron chi connectivity index (χ4n) is 2.19. The van der Waals surface area contributed by atoms with E-state index in [9.17, 15) is 9.59 Å². The Morgan fingerprint density at radius 3 is 2.65 bits per heavy atom. The van der Waals surface area contributed by atoms with Gasteiger partial charge in [0, 0.05) is 22.7 Å². The number of amides is 1. The Kier molecular flexibility index (Phi) is 5.69. The number of benzene rings is 1. The minimum atomic E-state index is -0.266. The van der Waals surface area contributed by atoms with Crippen LogP contribution in [0.2, 0.25) is 0 Å². The SMILES string of the molecule is CC(=O)c1cccc(NC(=O)[C@H](C)N(C)Cc2sccc2C)c1. The molecule has 1 aromatic carbocycles. The summed E-state index contributed by atoms with van der Waals surface area (Å²) in [6.45, 7) is 6.22. The van der Waals surface area contributed by atoms with Gasteiger partial charge >= 0.3 is 0 Å². The number of nitrogens with zero attached hydrogens (tertiary/aromatic N) is 1. The van der Waals surface area contributed by atoms with Crippen molar-refractivity contribution in [3.05, 3.63) is 51.7 Å². The Bertz CT molecular complexity index is 709. The van der Waals surface area contributed by atoms with Gasteiger partial charge in [0.05, 0.1) is 6.04 Å². The van der Waals surface area contributed by atoms with Gasteiger partial charge in [-0.1, -0.05) is 12.1 Å². The van der Waals surface area contributed by atoms with Gasteiger partial charge in [0.2, 0.25) is 5.91 Å². The first-order chi connectivity index (χ1) is 10.9. The molecule has 0 fully saturated rings. The Morgan fingerprint density at radius 1 is 1.30 bits per heavy atom. The summed E-state index contributed by atoms with van der Waals surface area (Å²) < 4.78 is 0. The average molecular weight is 330 g/mol. The van der Waals surface area contributed by atoms with Gasteiger partial charge in [-0.15, -0.1) is 11.3 Å². The number of anilines is 1. The van der Waals surface area contributed by atoms with E-state index in [0.29, 0.717) is 11.3 Å². The molecule has 122 valence electrons. The van der Waals surface area contributed by atoms with E-state index in [-0.39, 0.29) is 17.7 Å². The zero-order valence-electron chi connectivity index (χ0n) is 13.9. The summed E-state index contributed by atoms with van der Waals surface area (Å²) in [5.41, 5.74) is 2.50. The van der Waals surface area contributed by atoms with Crippen LogP contribution in [0.5, 0.6) is 0 Å². The maximum Gasteiger partial charge on any atom is 0.241 e. The number of nitrogens with one attached hydrogen (secondary N) is 1. The number of likely N-dealkylation sites (N-methyl/N-ethyl adjacent to an activating group) is 1. The van der Waals surface area contributed by atoms with Crippen LogP contribution in [0.15, 0.2) is 35.7 Å². The third-order valence-electron chi connectivity index (χ3n) is 3.94. The quantitative estimate of drug-likeness (QED) is 0.821. The molecule has 4 nitrogen and oxygen atoms in total. The third-order valence-corrected chi connectivity index (χ3v) is 4.95. The van der Waals surface area contributed by atoms with Crippen LogP contribution >= 0.6 is 11.3 Å². The highest BCUT2D eigenvalue weighted by Crippen LogP contribution is 2.19. The second-order valence-corrected chi connectivity index (χ2v) is 6.74. The van der Waals surface area contributed by atoms with E-state index in [0.717, 1.165) is 6.54 Å². The molecule has 1 N–H and O–H groups in total. The summed E-state index contributed by atoms with van der Waals surface area (Å²) >= 11 is 1.71. The standard InChI is InChI=1S/C18H22N2O2S/c1-12-8-9-23-17(12)11-20(4)13(2)18(22)19-16-7-5-6-15(10-16)14(3)21/h5-10,13H,11H2,1-4H3,(H,19,22)/t13-/m0/s1. The molecule has 0 spiro atoms. The summed E-state index contributed by atoms with van der Waals surface area (Å²) in [6, 6.07) is 8.84. The highest BCUT2D eigenvalue weighted by atomic mass is 32.1. The Labute approximate surface area is 141 Å². The monoisotopic (exact) mass is 330 g/mol. The van der Waals surface area contributed by atoms with Gasteiger partial charge in [-0.3, -0.25) is 14.5 Å². The summed E-state index contributed by atoms with van der Waals surface area (Å²) in [7, 11) is 1.94. The smallest absolute Gasteiger partial charge is 0.241 e. The Morgan fingerprint density at radius 2 is 2.04 bits per heavy atom. The van der Waals surface area contributed by atoms with E-state index in [1.165, 1.54) is 17.4 Å². The molecule has 0 aliphatic heterocycles. The Hall–Kier alpha value is -1.98. The number of aryl methyl sites for hydroxylation is 1. The molecule has 0 bridgehead atoms. The summed E-state index contributed by atoms with van der Waals surface area (Å²) in [6.07, 6.45) is 0. The van der Waals surface area contributed by atoms with E-state index < -0.39 is 0 Å². The van der Waals surface area contributed by atoms with E-state index in [1.807, 2.05) is 18.9 Å². The maximum atomic E-state index is 12.4. The van der Waals surface area contributed by atoms with Crippen molar-refractivity contribution in [2.45, 2.75) is 33.4 Å². The Balaban J connectivity index is 2.00. The van der Waals surface area contributed by atoms with Crippen molar-refractivity contribution in [1.29, 1.82) is 0 Å². The first kappa shape index (κ1) is 17.4. The van der Waals surface area contributed by atoms with Crippen molar-refractivity contribution in [2.75, 3.05) is 12.4 Å². The second-order valence-electron chi connectivity index (χ2n) is 5.74. The van der Waals surface area contributed by atoms with Crippen molar-refractivity contribution in [2.24, 2.45) is 0 Å². The molecule has 0 unspecified atom stereocenters. The van der Waals surface area contributed by atoms with Crippen LogP contribution in [0.3, 0.4) is 0 Å². The highest BCUT2D eigenvalue weighted by Gasteiger charge is 2.19. The van der Waals surface area contributed by atoms with Crippen molar-refractivity contribution in [3.8, 4) is 0 Å². The molecule has 0 aliphatic carbocycles. The molecule has 1 heterocycles. The molecule has 0 aliphatic rings. The van der Waals surface area contributed by atoms with Gasteiger partial charge < -0.3 is 5.32 Å². The lowest BCUT2D eigenvalue weighted by molar-refractivity contribution is -0.120. The number of Topliss-reactive ketones (excluding diaryl/α,β-unsaturated/α-hetero) is 1. The normalized spacial score (nSPS) is 12.2. The molecule has 23 heavy (non-hydrogen) atoms. The lowest BCUT2D eigenvalue weighted by atomic mass is 10.1. The van der Waals surface area contributed by atoms with Crippen molar-refractivity contribution in [3.63, 3.8) is 0 Å². The van der Waals surface area contributed by atoms with Crippen molar-refractivity contribution in [1.82, 2.24) is 4.90 Å². The van der Waals surface area contributed by atoms with Gasteiger partial charge in [0.1, 0.15) is 0 Å². The molecule has 1 atom stereocenters. The summed E-state index contributed by atoms with van der Waals surface area (Å²) in [5.74, 6) is -0.0955. The fourth-order valence-corrected chi connectivity index (χ4v) is 3.16. The number of ketones is 1. The third kappa shape index (κ3) is 4.50. The van der Waals surface area contributed by atoms with E-state index >= 15 is 0 Å². The van der Waals surface area contributed by atoms with Crippen LogP contribution in [0.25, 0.3) is 0 Å². The van der Waals surface area contributed by atoms with Gasteiger partial charge in [-0.25, -0.2) is 0 Å². The average Bonchev–Trinajstić information content (AvgIpc) is 2.91. The van der Waals surface area contributed by atoms with Crippen LogP contribution in [-0.2, 0) is 11.3 Å². The van der Waals surface area contributed by atoms with Crippen LogP contribution < -0.4 is 5.32 Å². The van der Waals surface area contributed by atoms with Crippen LogP contribution in [0, 0.1) is 6.92 Å². The zero-order valence-corrected chi connectivity index (χ0v) is 14.7. The molecule has 1 aromatic heterocycles. The molecule has 0 radical (unpaired) electrons. The first-order valence-corrected chi connectivity index (χ1v) is 8.41. The number of carbonyl (C=O) groups excluding carboxylic acids is 2. The number of carbonyl (C=O) groups is 2. The minimum Gasteiger partial charge on any atom is -0.325 e.